The molecule has 0 unspecified atom stereocenters. The van der Waals surface area contributed by atoms with Crippen molar-refractivity contribution in [3.63, 3.8) is 0 Å². The van der Waals surface area contributed by atoms with Crippen molar-refractivity contribution in [3.05, 3.63) is 35.4 Å². The van der Waals surface area contributed by atoms with Gasteiger partial charge in [0.1, 0.15) is 0 Å². The zero-order valence-corrected chi connectivity index (χ0v) is 15.8. The molecule has 0 aromatic heterocycles. The summed E-state index contributed by atoms with van der Waals surface area (Å²) in [6.45, 7) is 7.45. The SMILES string of the molecule is CCCCN(CCCC)C[C@H](O)c1ccc(C2CCCCC2)cc1. The summed E-state index contributed by atoms with van der Waals surface area (Å²) in [6.07, 6.45) is 11.3. The van der Waals surface area contributed by atoms with Crippen molar-refractivity contribution >= 4 is 0 Å². The van der Waals surface area contributed by atoms with E-state index < -0.39 is 0 Å². The summed E-state index contributed by atoms with van der Waals surface area (Å²) in [6, 6.07) is 8.84. The first-order valence-electron chi connectivity index (χ1n) is 10.2. The molecule has 1 aromatic carbocycles. The van der Waals surface area contributed by atoms with Gasteiger partial charge in [-0.3, -0.25) is 0 Å². The van der Waals surface area contributed by atoms with Crippen molar-refractivity contribution in [2.75, 3.05) is 19.6 Å². The van der Waals surface area contributed by atoms with Gasteiger partial charge in [0.2, 0.25) is 0 Å². The number of hydrogen-bond acceptors (Lipinski definition) is 2. The third-order valence-electron chi connectivity index (χ3n) is 5.48. The van der Waals surface area contributed by atoms with Crippen LogP contribution in [0.4, 0.5) is 0 Å². The van der Waals surface area contributed by atoms with E-state index in [0.717, 1.165) is 31.1 Å². The molecule has 0 amide bonds. The van der Waals surface area contributed by atoms with Gasteiger partial charge in [0.05, 0.1) is 6.10 Å². The Kier molecular flexibility index (Phi) is 8.83. The van der Waals surface area contributed by atoms with Crippen molar-refractivity contribution in [1.29, 1.82) is 0 Å². The lowest BCUT2D eigenvalue weighted by Crippen LogP contribution is -2.30. The van der Waals surface area contributed by atoms with Gasteiger partial charge in [0.15, 0.2) is 0 Å². The van der Waals surface area contributed by atoms with Crippen LogP contribution in [-0.4, -0.2) is 29.6 Å². The Hall–Kier alpha value is -0.860. The minimum absolute atomic E-state index is 0.362. The number of aliphatic hydroxyl groups excluding tert-OH is 1. The van der Waals surface area contributed by atoms with Gasteiger partial charge in [-0.1, -0.05) is 70.2 Å². The van der Waals surface area contributed by atoms with Crippen LogP contribution in [0, 0.1) is 0 Å². The van der Waals surface area contributed by atoms with Crippen LogP contribution >= 0.6 is 0 Å². The third-order valence-corrected chi connectivity index (χ3v) is 5.48. The molecule has 136 valence electrons. The monoisotopic (exact) mass is 331 g/mol. The highest BCUT2D eigenvalue weighted by Gasteiger charge is 2.17. The lowest BCUT2D eigenvalue weighted by atomic mass is 9.84. The van der Waals surface area contributed by atoms with Crippen LogP contribution in [0.1, 0.15) is 94.8 Å². The normalized spacial score (nSPS) is 17.3. The molecule has 0 saturated heterocycles. The first-order valence-corrected chi connectivity index (χ1v) is 10.2. The maximum Gasteiger partial charge on any atom is 0.0916 e. The summed E-state index contributed by atoms with van der Waals surface area (Å²) in [5.74, 6) is 0.746. The smallest absolute Gasteiger partial charge is 0.0916 e. The molecule has 0 bridgehead atoms. The van der Waals surface area contributed by atoms with Crippen molar-refractivity contribution in [3.8, 4) is 0 Å². The molecule has 0 aliphatic heterocycles. The van der Waals surface area contributed by atoms with Gasteiger partial charge in [0, 0.05) is 6.54 Å². The summed E-state index contributed by atoms with van der Waals surface area (Å²) in [5, 5.41) is 10.6. The number of benzene rings is 1. The van der Waals surface area contributed by atoms with E-state index in [1.807, 2.05) is 0 Å². The van der Waals surface area contributed by atoms with Crippen molar-refractivity contribution in [1.82, 2.24) is 4.90 Å². The van der Waals surface area contributed by atoms with Crippen molar-refractivity contribution in [2.45, 2.75) is 83.7 Å². The van der Waals surface area contributed by atoms with Gasteiger partial charge >= 0.3 is 0 Å². The van der Waals surface area contributed by atoms with E-state index in [-0.39, 0.29) is 6.10 Å². The Labute approximate surface area is 149 Å². The largest absolute Gasteiger partial charge is 0.387 e. The van der Waals surface area contributed by atoms with Gasteiger partial charge in [-0.15, -0.1) is 0 Å². The van der Waals surface area contributed by atoms with Crippen LogP contribution in [0.3, 0.4) is 0 Å². The molecule has 1 aliphatic rings. The second-order valence-corrected chi connectivity index (χ2v) is 7.53. The van der Waals surface area contributed by atoms with Crippen LogP contribution < -0.4 is 0 Å². The fourth-order valence-corrected chi connectivity index (χ4v) is 3.83. The summed E-state index contributed by atoms with van der Waals surface area (Å²) < 4.78 is 0. The van der Waals surface area contributed by atoms with Crippen LogP contribution in [0.5, 0.6) is 0 Å². The van der Waals surface area contributed by atoms with E-state index in [0.29, 0.717) is 0 Å². The number of unbranched alkanes of at least 4 members (excludes halogenated alkanes) is 2. The fraction of sp³-hybridized carbons (Fsp3) is 0.727. The second kappa shape index (κ2) is 10.9. The van der Waals surface area contributed by atoms with Crippen LogP contribution in [0.2, 0.25) is 0 Å². The first kappa shape index (κ1) is 19.5. The third kappa shape index (κ3) is 6.22. The zero-order valence-electron chi connectivity index (χ0n) is 15.8. The average Bonchev–Trinajstić information content (AvgIpc) is 2.64. The molecule has 24 heavy (non-hydrogen) atoms. The zero-order chi connectivity index (χ0) is 17.2. The second-order valence-electron chi connectivity index (χ2n) is 7.53. The highest BCUT2D eigenvalue weighted by molar-refractivity contribution is 5.27. The molecule has 2 heteroatoms. The Balaban J connectivity index is 1.90. The Morgan fingerprint density at radius 2 is 1.54 bits per heavy atom. The highest BCUT2D eigenvalue weighted by atomic mass is 16.3. The Morgan fingerprint density at radius 1 is 0.958 bits per heavy atom. The lowest BCUT2D eigenvalue weighted by Gasteiger charge is -2.26. The highest BCUT2D eigenvalue weighted by Crippen LogP contribution is 2.33. The standard InChI is InChI=1S/C22H37NO/c1-3-5-16-23(17-6-4-2)18-22(24)21-14-12-20(13-15-21)19-10-8-7-9-11-19/h12-15,19,22,24H,3-11,16-18H2,1-2H3/t22-/m0/s1. The van der Waals surface area contributed by atoms with E-state index in [9.17, 15) is 5.11 Å². The molecule has 2 rings (SSSR count). The van der Waals surface area contributed by atoms with Gasteiger partial charge in [-0.05, 0) is 55.8 Å². The molecule has 1 aliphatic carbocycles. The molecule has 0 spiro atoms. The molecule has 0 heterocycles. The van der Waals surface area contributed by atoms with E-state index in [4.69, 9.17) is 0 Å². The molecular formula is C22H37NO. The minimum Gasteiger partial charge on any atom is -0.387 e. The molecule has 1 fully saturated rings. The van der Waals surface area contributed by atoms with Gasteiger partial charge < -0.3 is 10.0 Å². The summed E-state index contributed by atoms with van der Waals surface area (Å²) >= 11 is 0. The maximum absolute atomic E-state index is 10.6. The van der Waals surface area contributed by atoms with E-state index in [2.05, 4.69) is 43.0 Å². The topological polar surface area (TPSA) is 23.5 Å². The van der Waals surface area contributed by atoms with Crippen LogP contribution in [0.15, 0.2) is 24.3 Å². The molecular weight excluding hydrogens is 294 g/mol. The summed E-state index contributed by atoms with van der Waals surface area (Å²) in [4.78, 5) is 2.44. The van der Waals surface area contributed by atoms with Gasteiger partial charge in [-0.25, -0.2) is 0 Å². The molecule has 1 aromatic rings. The number of rotatable bonds is 10. The van der Waals surface area contributed by atoms with Crippen molar-refractivity contribution < 1.29 is 5.11 Å². The summed E-state index contributed by atoms with van der Waals surface area (Å²) in [5.41, 5.74) is 2.55. The van der Waals surface area contributed by atoms with E-state index in [1.54, 1.807) is 0 Å². The Morgan fingerprint density at radius 3 is 2.08 bits per heavy atom. The first-order chi connectivity index (χ1) is 11.7. The lowest BCUT2D eigenvalue weighted by molar-refractivity contribution is 0.111. The Bertz CT molecular complexity index is 428. The molecule has 0 radical (unpaired) electrons. The summed E-state index contributed by atoms with van der Waals surface area (Å²) in [7, 11) is 0. The van der Waals surface area contributed by atoms with Crippen molar-refractivity contribution in [2.24, 2.45) is 0 Å². The van der Waals surface area contributed by atoms with Gasteiger partial charge in [0.25, 0.3) is 0 Å². The predicted octanol–water partition coefficient (Wildman–Crippen LogP) is 5.67. The van der Waals surface area contributed by atoms with Crippen LogP contribution in [-0.2, 0) is 0 Å². The minimum atomic E-state index is -0.362. The molecule has 1 atom stereocenters. The predicted molar refractivity (Wildman–Crippen MR) is 103 cm³/mol. The molecule has 1 saturated carbocycles. The number of nitrogens with zero attached hydrogens (tertiary/aromatic N) is 1. The number of aliphatic hydroxyl groups is 1. The maximum atomic E-state index is 10.6. The average molecular weight is 332 g/mol. The quantitative estimate of drug-likeness (QED) is 0.597. The molecule has 2 nitrogen and oxygen atoms in total. The van der Waals surface area contributed by atoms with E-state index >= 15 is 0 Å². The molecule has 1 N–H and O–H groups in total. The van der Waals surface area contributed by atoms with E-state index in [1.165, 1.54) is 63.4 Å². The van der Waals surface area contributed by atoms with Crippen LogP contribution in [0.25, 0.3) is 0 Å². The number of hydrogen-bond donors (Lipinski definition) is 1. The van der Waals surface area contributed by atoms with Gasteiger partial charge in [-0.2, -0.15) is 0 Å². The fourth-order valence-electron chi connectivity index (χ4n) is 3.83.